The first-order chi connectivity index (χ1) is 6.67. The van der Waals surface area contributed by atoms with E-state index in [1.807, 2.05) is 0 Å². The summed E-state index contributed by atoms with van der Waals surface area (Å²) in [6.45, 7) is 2.09. The Balaban J connectivity index is 2.76. The second kappa shape index (κ2) is 5.63. The molecule has 0 fully saturated rings. The summed E-state index contributed by atoms with van der Waals surface area (Å²) in [7, 11) is 0. The van der Waals surface area contributed by atoms with E-state index in [0.717, 1.165) is 16.9 Å². The first-order valence-electron chi connectivity index (χ1n) is 4.67. The van der Waals surface area contributed by atoms with Crippen molar-refractivity contribution in [3.63, 3.8) is 0 Å². The predicted octanol–water partition coefficient (Wildman–Crippen LogP) is 3.97. The van der Waals surface area contributed by atoms with Gasteiger partial charge in [-0.1, -0.05) is 42.0 Å². The van der Waals surface area contributed by atoms with Crippen molar-refractivity contribution < 1.29 is 8.78 Å². The van der Waals surface area contributed by atoms with Crippen LogP contribution >= 0.6 is 22.6 Å². The Morgan fingerprint density at radius 1 is 1.36 bits per heavy atom. The van der Waals surface area contributed by atoms with E-state index < -0.39 is 11.6 Å². The topological polar surface area (TPSA) is 0 Å². The molecular weight excluding hydrogens is 297 g/mol. The van der Waals surface area contributed by atoms with Crippen LogP contribution in [0.15, 0.2) is 18.2 Å². The van der Waals surface area contributed by atoms with E-state index in [2.05, 4.69) is 29.5 Å². The smallest absolute Gasteiger partial charge is 0.129 e. The Kier molecular flexibility index (Phi) is 4.78. The summed E-state index contributed by atoms with van der Waals surface area (Å²) in [6, 6.07) is 3.81. The molecule has 0 aromatic heterocycles. The zero-order valence-corrected chi connectivity index (χ0v) is 10.2. The highest BCUT2D eigenvalue weighted by atomic mass is 127. The SMILES string of the molecule is CCC(CI)Cc1ccc(F)cc1F. The molecular formula is C11H13F2I. The molecule has 1 rings (SSSR count). The van der Waals surface area contributed by atoms with Crippen molar-refractivity contribution >= 4 is 22.6 Å². The van der Waals surface area contributed by atoms with Crippen molar-refractivity contribution in [2.45, 2.75) is 19.8 Å². The number of rotatable bonds is 4. The second-order valence-electron chi connectivity index (χ2n) is 3.37. The van der Waals surface area contributed by atoms with Crippen LogP contribution in [0.1, 0.15) is 18.9 Å². The van der Waals surface area contributed by atoms with Crippen LogP contribution in [0.5, 0.6) is 0 Å². The molecule has 0 radical (unpaired) electrons. The van der Waals surface area contributed by atoms with E-state index in [1.165, 1.54) is 6.07 Å². The summed E-state index contributed by atoms with van der Waals surface area (Å²) in [5, 5.41) is 0. The number of benzene rings is 1. The van der Waals surface area contributed by atoms with Crippen molar-refractivity contribution in [2.75, 3.05) is 4.43 Å². The Labute approximate surface area is 96.8 Å². The van der Waals surface area contributed by atoms with Crippen LogP contribution < -0.4 is 0 Å². The molecule has 1 unspecified atom stereocenters. The van der Waals surface area contributed by atoms with Gasteiger partial charge in [-0.05, 0) is 24.0 Å². The molecule has 0 amide bonds. The molecule has 0 bridgehead atoms. The maximum absolute atomic E-state index is 13.2. The minimum Gasteiger partial charge on any atom is -0.207 e. The first kappa shape index (κ1) is 11.9. The highest BCUT2D eigenvalue weighted by molar-refractivity contribution is 14.1. The van der Waals surface area contributed by atoms with E-state index in [9.17, 15) is 8.78 Å². The van der Waals surface area contributed by atoms with Crippen LogP contribution in [0.3, 0.4) is 0 Å². The summed E-state index contributed by atoms with van der Waals surface area (Å²) >= 11 is 2.30. The van der Waals surface area contributed by atoms with Gasteiger partial charge in [-0.3, -0.25) is 0 Å². The molecule has 0 nitrogen and oxygen atoms in total. The molecule has 14 heavy (non-hydrogen) atoms. The van der Waals surface area contributed by atoms with Crippen LogP contribution in [0.4, 0.5) is 8.78 Å². The molecule has 1 aromatic rings. The molecule has 3 heteroatoms. The molecule has 1 atom stereocenters. The summed E-state index contributed by atoms with van der Waals surface area (Å²) in [4.78, 5) is 0. The normalized spacial score (nSPS) is 12.9. The number of hydrogen-bond acceptors (Lipinski definition) is 0. The van der Waals surface area contributed by atoms with Gasteiger partial charge in [0.05, 0.1) is 0 Å². The summed E-state index contributed by atoms with van der Waals surface area (Å²) in [5.74, 6) is -0.447. The van der Waals surface area contributed by atoms with E-state index in [1.54, 1.807) is 6.07 Å². The highest BCUT2D eigenvalue weighted by Gasteiger charge is 2.09. The zero-order chi connectivity index (χ0) is 10.6. The van der Waals surface area contributed by atoms with Crippen LogP contribution in [-0.4, -0.2) is 4.43 Å². The lowest BCUT2D eigenvalue weighted by atomic mass is 9.98. The molecule has 0 aliphatic rings. The summed E-state index contributed by atoms with van der Waals surface area (Å²) in [6.07, 6.45) is 1.73. The lowest BCUT2D eigenvalue weighted by Gasteiger charge is -2.11. The summed E-state index contributed by atoms with van der Waals surface area (Å²) < 4.78 is 26.9. The summed E-state index contributed by atoms with van der Waals surface area (Å²) in [5.41, 5.74) is 0.620. The second-order valence-corrected chi connectivity index (χ2v) is 4.25. The van der Waals surface area contributed by atoms with Crippen LogP contribution in [-0.2, 0) is 6.42 Å². The molecule has 0 spiro atoms. The van der Waals surface area contributed by atoms with Gasteiger partial charge in [0.1, 0.15) is 11.6 Å². The van der Waals surface area contributed by atoms with Gasteiger partial charge >= 0.3 is 0 Å². The standard InChI is InChI=1S/C11H13F2I/c1-2-8(7-14)5-9-3-4-10(12)6-11(9)13/h3-4,6,8H,2,5,7H2,1H3. The minimum atomic E-state index is -0.506. The van der Waals surface area contributed by atoms with Gasteiger partial charge in [-0.2, -0.15) is 0 Å². The van der Waals surface area contributed by atoms with Gasteiger partial charge in [0.15, 0.2) is 0 Å². The van der Waals surface area contributed by atoms with Gasteiger partial charge in [0.25, 0.3) is 0 Å². The first-order valence-corrected chi connectivity index (χ1v) is 6.19. The molecule has 0 saturated carbocycles. The van der Waals surface area contributed by atoms with Gasteiger partial charge < -0.3 is 0 Å². The molecule has 0 N–H and O–H groups in total. The average molecular weight is 310 g/mol. The maximum Gasteiger partial charge on any atom is 0.129 e. The average Bonchev–Trinajstić information content (AvgIpc) is 2.17. The van der Waals surface area contributed by atoms with E-state index in [-0.39, 0.29) is 0 Å². The highest BCUT2D eigenvalue weighted by Crippen LogP contribution is 2.18. The fraction of sp³-hybridized carbons (Fsp3) is 0.455. The minimum absolute atomic E-state index is 0.423. The zero-order valence-electron chi connectivity index (χ0n) is 8.06. The van der Waals surface area contributed by atoms with Gasteiger partial charge in [0.2, 0.25) is 0 Å². The third kappa shape index (κ3) is 3.19. The molecule has 0 aliphatic heterocycles. The van der Waals surface area contributed by atoms with Gasteiger partial charge in [-0.25, -0.2) is 8.78 Å². The maximum atomic E-state index is 13.2. The number of alkyl halides is 1. The number of hydrogen-bond donors (Lipinski definition) is 0. The fourth-order valence-electron chi connectivity index (χ4n) is 1.31. The molecule has 78 valence electrons. The van der Waals surface area contributed by atoms with E-state index in [4.69, 9.17) is 0 Å². The molecule has 0 saturated heterocycles. The monoisotopic (exact) mass is 310 g/mol. The Hall–Kier alpha value is -0.190. The largest absolute Gasteiger partial charge is 0.207 e. The predicted molar refractivity (Wildman–Crippen MR) is 62.7 cm³/mol. The van der Waals surface area contributed by atoms with Crippen molar-refractivity contribution in [1.29, 1.82) is 0 Å². The fourth-order valence-corrected chi connectivity index (χ4v) is 2.24. The van der Waals surface area contributed by atoms with E-state index in [0.29, 0.717) is 17.9 Å². The molecule has 0 aliphatic carbocycles. The third-order valence-corrected chi connectivity index (χ3v) is 3.56. The quantitative estimate of drug-likeness (QED) is 0.583. The Morgan fingerprint density at radius 3 is 2.57 bits per heavy atom. The lowest BCUT2D eigenvalue weighted by molar-refractivity contribution is 0.532. The van der Waals surface area contributed by atoms with Gasteiger partial charge in [-0.15, -0.1) is 0 Å². The van der Waals surface area contributed by atoms with Crippen LogP contribution in [0.2, 0.25) is 0 Å². The van der Waals surface area contributed by atoms with Crippen LogP contribution in [0.25, 0.3) is 0 Å². The van der Waals surface area contributed by atoms with Crippen LogP contribution in [0, 0.1) is 17.6 Å². The van der Waals surface area contributed by atoms with E-state index >= 15 is 0 Å². The van der Waals surface area contributed by atoms with Crippen molar-refractivity contribution in [2.24, 2.45) is 5.92 Å². The van der Waals surface area contributed by atoms with Crippen molar-refractivity contribution in [3.8, 4) is 0 Å². The third-order valence-electron chi connectivity index (χ3n) is 2.32. The number of halogens is 3. The van der Waals surface area contributed by atoms with Crippen molar-refractivity contribution in [1.82, 2.24) is 0 Å². The Morgan fingerprint density at radius 2 is 2.07 bits per heavy atom. The molecule has 1 aromatic carbocycles. The van der Waals surface area contributed by atoms with Gasteiger partial charge in [0, 0.05) is 10.5 Å². The van der Waals surface area contributed by atoms with Crippen molar-refractivity contribution in [3.05, 3.63) is 35.4 Å². The lowest BCUT2D eigenvalue weighted by Crippen LogP contribution is -2.06. The molecule has 0 heterocycles. The Bertz CT molecular complexity index is 295.